The third-order valence-electron chi connectivity index (χ3n) is 10.7. The number of hydrogen-bond donors (Lipinski definition) is 5. The number of phenols is 2. The van der Waals surface area contributed by atoms with Crippen molar-refractivity contribution in [2.24, 2.45) is 22.6 Å². The second-order valence-electron chi connectivity index (χ2n) is 15.3. The van der Waals surface area contributed by atoms with E-state index in [9.17, 15) is 29.7 Å². The van der Waals surface area contributed by atoms with Crippen LogP contribution < -0.4 is 21.4 Å². The number of unbranched alkanes of at least 4 members (excludes halogenated alkanes) is 1. The van der Waals surface area contributed by atoms with Crippen molar-refractivity contribution in [3.63, 3.8) is 0 Å². The highest BCUT2D eigenvalue weighted by Gasteiger charge is 2.30. The first-order valence-electron chi connectivity index (χ1n) is 20.3. The molecule has 3 aromatic rings. The number of aliphatic hydroxyl groups excluding tert-OH is 1. The second-order valence-corrected chi connectivity index (χ2v) is 15.3. The zero-order valence-electron chi connectivity index (χ0n) is 35.5. The van der Waals surface area contributed by atoms with Gasteiger partial charge in [0.15, 0.2) is 23.0 Å². The number of anilines is 2. The Morgan fingerprint density at radius 2 is 1.87 bits per heavy atom. The van der Waals surface area contributed by atoms with Crippen LogP contribution in [0.1, 0.15) is 58.1 Å². The normalized spacial score (nSPS) is 23.2. The number of methoxy groups -OCH3 is 2. The molecule has 1 aromatic heterocycles. The van der Waals surface area contributed by atoms with Gasteiger partial charge in [-0.25, -0.2) is 4.79 Å². The van der Waals surface area contributed by atoms with Crippen molar-refractivity contribution in [3.05, 3.63) is 87.1 Å². The molecule has 0 aliphatic carbocycles. The summed E-state index contributed by atoms with van der Waals surface area (Å²) in [6, 6.07) is 8.01. The number of ether oxygens (including phenoxy) is 4. The number of primary amides is 1. The molecule has 2 aliphatic heterocycles. The van der Waals surface area contributed by atoms with Gasteiger partial charge in [-0.1, -0.05) is 56.1 Å². The smallest absolute Gasteiger partial charge is 0.405 e. The second kappa shape index (κ2) is 21.6. The van der Waals surface area contributed by atoms with E-state index >= 15 is 0 Å². The van der Waals surface area contributed by atoms with E-state index < -0.39 is 42.3 Å². The van der Waals surface area contributed by atoms with Crippen molar-refractivity contribution in [2.75, 3.05) is 50.7 Å². The lowest BCUT2D eigenvalue weighted by Crippen LogP contribution is -2.37. The summed E-state index contributed by atoms with van der Waals surface area (Å²) in [6.07, 6.45) is 4.91. The Kier molecular flexibility index (Phi) is 16.3. The minimum Gasteiger partial charge on any atom is -0.506 e. The fourth-order valence-electron chi connectivity index (χ4n) is 7.39. The van der Waals surface area contributed by atoms with Crippen LogP contribution in [0.2, 0.25) is 0 Å². The van der Waals surface area contributed by atoms with E-state index in [0.29, 0.717) is 73.6 Å². The van der Waals surface area contributed by atoms with Gasteiger partial charge in [-0.15, -0.1) is 0 Å². The first-order valence-corrected chi connectivity index (χ1v) is 20.3. The van der Waals surface area contributed by atoms with Gasteiger partial charge in [0.1, 0.15) is 23.3 Å². The van der Waals surface area contributed by atoms with Crippen molar-refractivity contribution in [1.29, 1.82) is 0 Å². The van der Waals surface area contributed by atoms with Crippen LogP contribution >= 0.6 is 0 Å². The Morgan fingerprint density at radius 1 is 1.11 bits per heavy atom. The van der Waals surface area contributed by atoms with E-state index in [2.05, 4.69) is 22.2 Å². The van der Waals surface area contributed by atoms with Crippen LogP contribution in [0, 0.1) is 23.7 Å². The number of allylic oxidation sites excluding steroid dienone is 2. The maximum atomic E-state index is 13.3. The van der Waals surface area contributed by atoms with Crippen LogP contribution in [0.25, 0.3) is 11.0 Å². The van der Waals surface area contributed by atoms with E-state index in [1.54, 1.807) is 56.5 Å². The molecule has 15 heteroatoms. The molecule has 5 rings (SSSR count). The number of morpholine rings is 1. The van der Waals surface area contributed by atoms with Crippen molar-refractivity contribution in [2.45, 2.75) is 77.8 Å². The number of aliphatic imine (C=N–C) groups is 1. The van der Waals surface area contributed by atoms with E-state index in [1.807, 2.05) is 18.7 Å². The highest BCUT2D eigenvalue weighted by molar-refractivity contribution is 6.05. The van der Waals surface area contributed by atoms with Crippen molar-refractivity contribution in [1.82, 2.24) is 0 Å². The molecule has 3 heterocycles. The van der Waals surface area contributed by atoms with Crippen LogP contribution in [0.5, 0.6) is 11.5 Å². The van der Waals surface area contributed by atoms with Gasteiger partial charge in [0.05, 0.1) is 42.1 Å². The predicted molar refractivity (Wildman–Crippen MR) is 234 cm³/mol. The summed E-state index contributed by atoms with van der Waals surface area (Å²) in [5, 5.41) is 37.6. The lowest BCUT2D eigenvalue weighted by atomic mass is 9.87. The molecule has 15 nitrogen and oxygen atoms in total. The van der Waals surface area contributed by atoms with Crippen LogP contribution in [-0.2, 0) is 30.2 Å². The van der Waals surface area contributed by atoms with Crippen molar-refractivity contribution >= 4 is 46.4 Å². The quantitative estimate of drug-likeness (QED) is 0.0460. The highest BCUT2D eigenvalue weighted by Crippen LogP contribution is 2.44. The highest BCUT2D eigenvalue weighted by atomic mass is 16.6. The lowest BCUT2D eigenvalue weighted by molar-refractivity contribution is -0.112. The standard InChI is InChI=1S/C46H56N4O11/c1-27-22-33-40(48-17-9-7-8-13-31-14-11-15-32-35(51)26-39(60-44(31)32)50-18-20-59-21-19-50)36(52)25-34(42(33)54)49-45(55)28(2)12-10-16-37(57-5)43(61-46(47)56)30(4)24-29(3)41(53)38(23-27)58-6/h10-12,14-17,24-27,29,37-38,41,43,52-54H,7,9,18-23H2,1-6H3,(H2,47,56)(H,49,55)/t27-,29-,37-,38-,41-,43-/m0/s1. The van der Waals surface area contributed by atoms with Crippen LogP contribution in [-0.4, -0.2) is 98.5 Å². The number of aromatic hydroxyl groups is 2. The number of rotatable bonds is 7. The minimum absolute atomic E-state index is 0.0239. The first kappa shape index (κ1) is 46.2. The molecule has 6 atom stereocenters. The molecule has 1 saturated heterocycles. The summed E-state index contributed by atoms with van der Waals surface area (Å²) in [7, 11) is 2.93. The number of aliphatic hydroxyl groups is 1. The number of nitrogens with two attached hydrogens (primary N) is 1. The maximum absolute atomic E-state index is 13.3. The number of benzene rings is 2. The summed E-state index contributed by atoms with van der Waals surface area (Å²) < 4.78 is 28.4. The summed E-state index contributed by atoms with van der Waals surface area (Å²) in [6.45, 7) is 9.35. The van der Waals surface area contributed by atoms with Gasteiger partial charge in [-0.2, -0.15) is 0 Å². The molecule has 1 fully saturated rings. The van der Waals surface area contributed by atoms with E-state index in [1.165, 1.54) is 32.4 Å². The predicted octanol–water partition coefficient (Wildman–Crippen LogP) is 6.04. The number of nitrogens with one attached hydrogen (secondary N) is 1. The average molecular weight is 841 g/mol. The third kappa shape index (κ3) is 11.9. The van der Waals surface area contributed by atoms with Gasteiger partial charge in [0.25, 0.3) is 5.91 Å². The molecule has 2 aliphatic rings. The number of fused-ring (bicyclic) bond motifs is 3. The molecule has 6 N–H and O–H groups in total. The van der Waals surface area contributed by atoms with Gasteiger partial charge in [0.2, 0.25) is 0 Å². The average Bonchev–Trinajstić information content (AvgIpc) is 3.24. The molecule has 2 bridgehead atoms. The molecule has 0 spiro atoms. The Labute approximate surface area is 355 Å². The van der Waals surface area contributed by atoms with Gasteiger partial charge in [-0.05, 0) is 56.7 Å². The molecule has 0 unspecified atom stereocenters. The maximum Gasteiger partial charge on any atom is 0.405 e. The summed E-state index contributed by atoms with van der Waals surface area (Å²) in [5.74, 6) is 4.91. The summed E-state index contributed by atoms with van der Waals surface area (Å²) in [4.78, 5) is 44.8. The van der Waals surface area contributed by atoms with Crippen LogP contribution in [0.15, 0.2) is 80.0 Å². The SMILES string of the molecule is CO[C@H]1C=CC=C(C)C(=O)Nc2cc(O)c(N=CCCC#Cc3cccc4c(=O)cc(N5CCOCC5)oc34)c(c2O)C[C@H](C)C[C@H](OC)[C@@H](O)[C@@H](C)C=C(C)[C@@H]1OC(N)=O. The fourth-order valence-corrected chi connectivity index (χ4v) is 7.39. The molecule has 2 aromatic carbocycles. The van der Waals surface area contributed by atoms with E-state index in [0.717, 1.165) is 0 Å². The molecular weight excluding hydrogens is 785 g/mol. The van der Waals surface area contributed by atoms with Crippen molar-refractivity contribution in [3.8, 4) is 23.3 Å². The molecule has 0 radical (unpaired) electrons. The lowest BCUT2D eigenvalue weighted by Gasteiger charge is -2.29. The van der Waals surface area contributed by atoms with Gasteiger partial charge >= 0.3 is 6.09 Å². The Bertz CT molecular complexity index is 2300. The molecule has 61 heavy (non-hydrogen) atoms. The number of carbonyl (C=O) groups excluding carboxylic acids is 2. The van der Waals surface area contributed by atoms with Gasteiger partial charge in [0, 0.05) is 69.1 Å². The number of hydrogen-bond acceptors (Lipinski definition) is 13. The van der Waals surface area contributed by atoms with Gasteiger partial charge < -0.3 is 54.6 Å². The molecule has 2 amide bonds. The molecule has 326 valence electrons. The Hall–Kier alpha value is -5.92. The molecule has 0 saturated carbocycles. The van der Waals surface area contributed by atoms with Crippen molar-refractivity contribution < 1.29 is 48.3 Å². The van der Waals surface area contributed by atoms with E-state index in [4.69, 9.17) is 29.1 Å². The van der Waals surface area contributed by atoms with Crippen LogP contribution in [0.3, 0.4) is 0 Å². The zero-order valence-corrected chi connectivity index (χ0v) is 35.5. The van der Waals surface area contributed by atoms with Crippen LogP contribution in [0.4, 0.5) is 22.1 Å². The minimum atomic E-state index is -1.01. The largest absolute Gasteiger partial charge is 0.506 e. The number of phenolic OH excluding ortho intramolecular Hbond substituents is 2. The Balaban J connectivity index is 1.43. The summed E-state index contributed by atoms with van der Waals surface area (Å²) >= 11 is 0. The molecular formula is C46H56N4O11. The Morgan fingerprint density at radius 3 is 2.57 bits per heavy atom. The zero-order chi connectivity index (χ0) is 44.2. The monoisotopic (exact) mass is 840 g/mol. The topological polar surface area (TPSA) is 216 Å². The summed E-state index contributed by atoms with van der Waals surface area (Å²) in [5.41, 5.74) is 7.46. The fraction of sp³-hybridized carbons (Fsp3) is 0.435. The number of carbonyl (C=O) groups is 2. The number of nitrogens with zero attached hydrogens (tertiary/aromatic N) is 2. The first-order chi connectivity index (χ1) is 29.2. The number of para-hydroxylation sites is 1. The number of amides is 2. The third-order valence-corrected chi connectivity index (χ3v) is 10.7. The van der Waals surface area contributed by atoms with Gasteiger partial charge in [-0.3, -0.25) is 14.6 Å². The van der Waals surface area contributed by atoms with E-state index in [-0.39, 0.29) is 51.8 Å².